The average molecular weight is 316 g/mol. The van der Waals surface area contributed by atoms with Gasteiger partial charge in [0.25, 0.3) is 5.91 Å². The van der Waals surface area contributed by atoms with E-state index in [2.05, 4.69) is 10.3 Å². The van der Waals surface area contributed by atoms with Gasteiger partial charge in [-0.3, -0.25) is 4.79 Å². The van der Waals surface area contributed by atoms with Crippen LogP contribution in [0.2, 0.25) is 0 Å². The maximum absolute atomic E-state index is 13.2. The topological polar surface area (TPSA) is 42.0 Å². The van der Waals surface area contributed by atoms with Crippen molar-refractivity contribution in [1.29, 1.82) is 0 Å². The lowest BCUT2D eigenvalue weighted by molar-refractivity contribution is 0.103. The molecule has 0 radical (unpaired) electrons. The Morgan fingerprint density at radius 2 is 1.82 bits per heavy atom. The third kappa shape index (κ3) is 2.87. The number of thiazole rings is 1. The van der Waals surface area contributed by atoms with E-state index in [1.165, 1.54) is 17.4 Å². The molecular formula is C16H10F2N2OS. The van der Waals surface area contributed by atoms with Gasteiger partial charge in [-0.05, 0) is 12.1 Å². The number of nitrogens with one attached hydrogen (secondary N) is 1. The van der Waals surface area contributed by atoms with Crippen LogP contribution < -0.4 is 5.32 Å². The van der Waals surface area contributed by atoms with E-state index in [-0.39, 0.29) is 5.69 Å². The molecule has 0 bridgehead atoms. The van der Waals surface area contributed by atoms with E-state index in [4.69, 9.17) is 0 Å². The van der Waals surface area contributed by atoms with Gasteiger partial charge in [-0.15, -0.1) is 11.3 Å². The third-order valence-corrected chi connectivity index (χ3v) is 3.82. The first kappa shape index (κ1) is 14.3. The molecule has 3 rings (SSSR count). The molecule has 0 aliphatic heterocycles. The smallest absolute Gasteiger partial charge is 0.268 e. The lowest BCUT2D eigenvalue weighted by Crippen LogP contribution is -2.11. The quantitative estimate of drug-likeness (QED) is 0.781. The molecule has 3 aromatic rings. The minimum atomic E-state index is -1.01. The highest BCUT2D eigenvalue weighted by Gasteiger charge is 2.16. The van der Waals surface area contributed by atoms with Gasteiger partial charge in [-0.1, -0.05) is 30.3 Å². The predicted octanol–water partition coefficient (Wildman–Crippen LogP) is 4.34. The van der Waals surface area contributed by atoms with Crippen molar-refractivity contribution in [2.45, 2.75) is 0 Å². The molecule has 6 heteroatoms. The molecule has 0 aliphatic carbocycles. The predicted molar refractivity (Wildman–Crippen MR) is 81.9 cm³/mol. The molecule has 0 saturated carbocycles. The maximum atomic E-state index is 13.2. The molecule has 1 aromatic heterocycles. The molecule has 1 N–H and O–H groups in total. The van der Waals surface area contributed by atoms with Gasteiger partial charge in [0.1, 0.15) is 4.88 Å². The maximum Gasteiger partial charge on any atom is 0.268 e. The first-order valence-corrected chi connectivity index (χ1v) is 7.28. The van der Waals surface area contributed by atoms with Crippen molar-refractivity contribution in [3.63, 3.8) is 0 Å². The second kappa shape index (κ2) is 6.03. The second-order valence-corrected chi connectivity index (χ2v) is 5.33. The molecule has 0 saturated heterocycles. The number of amides is 1. The first-order valence-electron chi connectivity index (χ1n) is 6.40. The largest absolute Gasteiger partial charge is 0.321 e. The van der Waals surface area contributed by atoms with Crippen LogP contribution >= 0.6 is 11.3 Å². The zero-order valence-electron chi connectivity index (χ0n) is 11.2. The minimum absolute atomic E-state index is 0.191. The summed E-state index contributed by atoms with van der Waals surface area (Å²) in [5.74, 6) is -2.38. The number of aromatic nitrogens is 1. The normalized spacial score (nSPS) is 10.5. The monoisotopic (exact) mass is 316 g/mol. The summed E-state index contributed by atoms with van der Waals surface area (Å²) in [7, 11) is 0. The Balaban J connectivity index is 1.87. The highest BCUT2D eigenvalue weighted by molar-refractivity contribution is 7.12. The van der Waals surface area contributed by atoms with Gasteiger partial charge in [-0.25, -0.2) is 13.8 Å². The average Bonchev–Trinajstić information content (AvgIpc) is 3.01. The highest BCUT2D eigenvalue weighted by Crippen LogP contribution is 2.26. The molecule has 0 spiro atoms. The highest BCUT2D eigenvalue weighted by atomic mass is 32.1. The van der Waals surface area contributed by atoms with E-state index in [0.717, 1.165) is 17.7 Å². The number of hydrogen-bond donors (Lipinski definition) is 1. The summed E-state index contributed by atoms with van der Waals surface area (Å²) in [6, 6.07) is 12.5. The van der Waals surface area contributed by atoms with E-state index >= 15 is 0 Å². The van der Waals surface area contributed by atoms with E-state index in [1.54, 1.807) is 5.51 Å². The number of hydrogen-bond acceptors (Lipinski definition) is 3. The molecule has 1 amide bonds. The van der Waals surface area contributed by atoms with Crippen LogP contribution in [0.3, 0.4) is 0 Å². The molecule has 22 heavy (non-hydrogen) atoms. The lowest BCUT2D eigenvalue weighted by atomic mass is 10.1. The van der Waals surface area contributed by atoms with Gasteiger partial charge >= 0.3 is 0 Å². The Labute approximate surface area is 129 Å². The van der Waals surface area contributed by atoms with Crippen LogP contribution in [-0.2, 0) is 0 Å². The first-order chi connectivity index (χ1) is 10.6. The van der Waals surface area contributed by atoms with Crippen molar-refractivity contribution < 1.29 is 13.6 Å². The Morgan fingerprint density at radius 1 is 1.05 bits per heavy atom. The van der Waals surface area contributed by atoms with Crippen LogP contribution in [0.5, 0.6) is 0 Å². The fraction of sp³-hybridized carbons (Fsp3) is 0. The number of rotatable bonds is 3. The number of anilines is 1. The summed E-state index contributed by atoms with van der Waals surface area (Å²) in [4.78, 5) is 16.9. The number of benzene rings is 2. The fourth-order valence-corrected chi connectivity index (χ4v) is 2.67. The summed E-state index contributed by atoms with van der Waals surface area (Å²) in [6.45, 7) is 0. The SMILES string of the molecule is O=C(Nc1ccc(F)c(F)c1)c1scnc1-c1ccccc1. The van der Waals surface area contributed by atoms with Crippen molar-refractivity contribution in [3.8, 4) is 11.3 Å². The summed E-state index contributed by atoms with van der Waals surface area (Å²) in [6.07, 6.45) is 0. The number of carbonyl (C=O) groups excluding carboxylic acids is 1. The summed E-state index contributed by atoms with van der Waals surface area (Å²) in [5, 5.41) is 2.55. The van der Waals surface area contributed by atoms with Crippen molar-refractivity contribution >= 4 is 22.9 Å². The van der Waals surface area contributed by atoms with Crippen LogP contribution in [0.15, 0.2) is 54.0 Å². The molecule has 2 aromatic carbocycles. The minimum Gasteiger partial charge on any atom is -0.321 e. The molecular weight excluding hydrogens is 306 g/mol. The van der Waals surface area contributed by atoms with E-state index in [9.17, 15) is 13.6 Å². The molecule has 0 aliphatic rings. The van der Waals surface area contributed by atoms with Gasteiger partial charge in [0.15, 0.2) is 11.6 Å². The van der Waals surface area contributed by atoms with Crippen molar-refractivity contribution in [2.75, 3.05) is 5.32 Å². The Hall–Kier alpha value is -2.60. The van der Waals surface area contributed by atoms with Crippen LogP contribution in [0.25, 0.3) is 11.3 Å². The third-order valence-electron chi connectivity index (χ3n) is 3.00. The molecule has 110 valence electrons. The van der Waals surface area contributed by atoms with Crippen LogP contribution in [0.4, 0.5) is 14.5 Å². The van der Waals surface area contributed by atoms with Gasteiger partial charge in [0.05, 0.1) is 11.2 Å². The zero-order valence-corrected chi connectivity index (χ0v) is 12.0. The van der Waals surface area contributed by atoms with Gasteiger partial charge < -0.3 is 5.32 Å². The summed E-state index contributed by atoms with van der Waals surface area (Å²) >= 11 is 1.19. The van der Waals surface area contributed by atoms with Crippen molar-refractivity contribution in [1.82, 2.24) is 4.98 Å². The summed E-state index contributed by atoms with van der Waals surface area (Å²) < 4.78 is 26.1. The van der Waals surface area contributed by atoms with Crippen molar-refractivity contribution in [3.05, 3.63) is 70.6 Å². The zero-order chi connectivity index (χ0) is 15.5. The van der Waals surface area contributed by atoms with Gasteiger partial charge in [-0.2, -0.15) is 0 Å². The second-order valence-electron chi connectivity index (χ2n) is 4.48. The number of carbonyl (C=O) groups is 1. The van der Waals surface area contributed by atoms with Crippen LogP contribution in [-0.4, -0.2) is 10.9 Å². The van der Waals surface area contributed by atoms with E-state index < -0.39 is 17.5 Å². The van der Waals surface area contributed by atoms with Crippen LogP contribution in [0, 0.1) is 11.6 Å². The molecule has 0 atom stereocenters. The Morgan fingerprint density at radius 3 is 2.55 bits per heavy atom. The lowest BCUT2D eigenvalue weighted by Gasteiger charge is -2.06. The molecule has 0 unspecified atom stereocenters. The Bertz CT molecular complexity index is 818. The Kier molecular flexibility index (Phi) is 3.93. The van der Waals surface area contributed by atoms with Gasteiger partial charge in [0.2, 0.25) is 0 Å². The number of nitrogens with zero attached hydrogens (tertiary/aromatic N) is 1. The summed E-state index contributed by atoms with van der Waals surface area (Å²) in [5.41, 5.74) is 3.14. The fourth-order valence-electron chi connectivity index (χ4n) is 1.97. The van der Waals surface area contributed by atoms with E-state index in [0.29, 0.717) is 10.6 Å². The molecule has 1 heterocycles. The molecule has 3 nitrogen and oxygen atoms in total. The molecule has 0 fully saturated rings. The van der Waals surface area contributed by atoms with Crippen LogP contribution in [0.1, 0.15) is 9.67 Å². The van der Waals surface area contributed by atoms with Crippen molar-refractivity contribution in [2.24, 2.45) is 0 Å². The van der Waals surface area contributed by atoms with Gasteiger partial charge in [0, 0.05) is 17.3 Å². The standard InChI is InChI=1S/C16H10F2N2OS/c17-12-7-6-11(8-13(12)18)20-16(21)15-14(19-9-22-15)10-4-2-1-3-5-10/h1-9H,(H,20,21). The number of halogens is 2. The van der Waals surface area contributed by atoms with E-state index in [1.807, 2.05) is 30.3 Å².